The van der Waals surface area contributed by atoms with Crippen molar-refractivity contribution >= 4 is 11.9 Å². The zero-order valence-electron chi connectivity index (χ0n) is 14.7. The summed E-state index contributed by atoms with van der Waals surface area (Å²) in [6.07, 6.45) is 0.470. The van der Waals surface area contributed by atoms with Gasteiger partial charge in [0.25, 0.3) is 0 Å². The highest BCUT2D eigenvalue weighted by Gasteiger charge is 2.44. The third kappa shape index (κ3) is 3.56. The molecular formula is C17H26N4O3. The van der Waals surface area contributed by atoms with E-state index in [9.17, 15) is 9.59 Å². The number of nitrogens with one attached hydrogen (secondary N) is 1. The van der Waals surface area contributed by atoms with Gasteiger partial charge in [-0.1, -0.05) is 0 Å². The Bertz CT molecular complexity index is 627. The standard InChI is InChI=1S/C17H26N4O3/c1-13-4-5-14(24-13)9-20-6-7-21(16(23)19(2)3)12-17(11-20)8-15(22)18-10-17/h4-5H,6-12H2,1-3H3,(H,18,22)/t17-/m0/s1. The van der Waals surface area contributed by atoms with Crippen LogP contribution in [0.25, 0.3) is 0 Å². The van der Waals surface area contributed by atoms with Gasteiger partial charge < -0.3 is 19.5 Å². The summed E-state index contributed by atoms with van der Waals surface area (Å²) < 4.78 is 5.70. The molecule has 0 bridgehead atoms. The van der Waals surface area contributed by atoms with Crippen LogP contribution in [0.2, 0.25) is 0 Å². The van der Waals surface area contributed by atoms with Crippen LogP contribution in [0, 0.1) is 12.3 Å². The highest BCUT2D eigenvalue weighted by molar-refractivity contribution is 5.80. The average molecular weight is 334 g/mol. The zero-order chi connectivity index (χ0) is 17.3. The summed E-state index contributed by atoms with van der Waals surface area (Å²) in [5.41, 5.74) is -0.221. The van der Waals surface area contributed by atoms with Gasteiger partial charge in [-0.05, 0) is 19.1 Å². The molecule has 3 amide bonds. The molecule has 0 unspecified atom stereocenters. The molecule has 0 aliphatic carbocycles. The molecule has 2 aliphatic rings. The Hall–Kier alpha value is -2.02. The Morgan fingerprint density at radius 3 is 2.71 bits per heavy atom. The molecule has 0 aromatic carbocycles. The normalized spacial score (nSPS) is 25.0. The van der Waals surface area contributed by atoms with Crippen LogP contribution < -0.4 is 5.32 Å². The maximum Gasteiger partial charge on any atom is 0.319 e. The summed E-state index contributed by atoms with van der Waals surface area (Å²) in [4.78, 5) is 30.1. The van der Waals surface area contributed by atoms with Crippen molar-refractivity contribution in [3.8, 4) is 0 Å². The lowest BCUT2D eigenvalue weighted by atomic mass is 9.86. The van der Waals surface area contributed by atoms with Gasteiger partial charge >= 0.3 is 6.03 Å². The number of aryl methyl sites for hydroxylation is 1. The summed E-state index contributed by atoms with van der Waals surface area (Å²) in [6.45, 7) is 6.08. The number of rotatable bonds is 2. The fourth-order valence-electron chi connectivity index (χ4n) is 3.70. The third-order valence-corrected chi connectivity index (χ3v) is 4.80. The number of nitrogens with zero attached hydrogens (tertiary/aromatic N) is 3. The average Bonchev–Trinajstić information content (AvgIpc) is 3.02. The largest absolute Gasteiger partial charge is 0.465 e. The maximum absolute atomic E-state index is 12.5. The van der Waals surface area contributed by atoms with Gasteiger partial charge in [0.1, 0.15) is 11.5 Å². The van der Waals surface area contributed by atoms with E-state index < -0.39 is 0 Å². The van der Waals surface area contributed by atoms with Gasteiger partial charge in [0, 0.05) is 58.7 Å². The van der Waals surface area contributed by atoms with E-state index in [-0.39, 0.29) is 17.4 Å². The Morgan fingerprint density at radius 1 is 1.33 bits per heavy atom. The minimum Gasteiger partial charge on any atom is -0.465 e. The highest BCUT2D eigenvalue weighted by Crippen LogP contribution is 2.31. The van der Waals surface area contributed by atoms with E-state index in [1.54, 1.807) is 19.0 Å². The van der Waals surface area contributed by atoms with Crippen molar-refractivity contribution in [3.05, 3.63) is 23.7 Å². The second-order valence-corrected chi connectivity index (χ2v) is 7.28. The fourth-order valence-corrected chi connectivity index (χ4v) is 3.70. The van der Waals surface area contributed by atoms with Crippen molar-refractivity contribution in [2.75, 3.05) is 46.8 Å². The predicted molar refractivity (Wildman–Crippen MR) is 89.4 cm³/mol. The van der Waals surface area contributed by atoms with Gasteiger partial charge in [0.15, 0.2) is 0 Å². The molecule has 1 atom stereocenters. The lowest BCUT2D eigenvalue weighted by Crippen LogP contribution is -2.47. The SMILES string of the molecule is Cc1ccc(CN2CCN(C(=O)N(C)C)C[C@@]3(CNC(=O)C3)C2)o1. The molecule has 1 aromatic heterocycles. The van der Waals surface area contributed by atoms with Crippen LogP contribution in [0.15, 0.2) is 16.5 Å². The van der Waals surface area contributed by atoms with E-state index in [1.807, 2.05) is 24.0 Å². The van der Waals surface area contributed by atoms with Crippen molar-refractivity contribution in [1.82, 2.24) is 20.0 Å². The first-order valence-corrected chi connectivity index (χ1v) is 8.37. The van der Waals surface area contributed by atoms with Gasteiger partial charge in [-0.2, -0.15) is 0 Å². The molecule has 0 radical (unpaired) electrons. The number of urea groups is 1. The quantitative estimate of drug-likeness (QED) is 0.872. The predicted octanol–water partition coefficient (Wildman–Crippen LogP) is 0.894. The van der Waals surface area contributed by atoms with Gasteiger partial charge in [-0.3, -0.25) is 9.69 Å². The minimum atomic E-state index is -0.221. The van der Waals surface area contributed by atoms with Crippen molar-refractivity contribution < 1.29 is 14.0 Å². The number of amides is 3. The maximum atomic E-state index is 12.5. The molecule has 7 heteroatoms. The van der Waals surface area contributed by atoms with Crippen LogP contribution in [0.1, 0.15) is 17.9 Å². The lowest BCUT2D eigenvalue weighted by Gasteiger charge is -2.33. The first-order valence-electron chi connectivity index (χ1n) is 8.37. The van der Waals surface area contributed by atoms with Crippen LogP contribution in [0.5, 0.6) is 0 Å². The van der Waals surface area contributed by atoms with Crippen LogP contribution >= 0.6 is 0 Å². The van der Waals surface area contributed by atoms with Crippen LogP contribution in [-0.2, 0) is 11.3 Å². The monoisotopic (exact) mass is 334 g/mol. The molecule has 1 spiro atoms. The van der Waals surface area contributed by atoms with E-state index in [4.69, 9.17) is 4.42 Å². The van der Waals surface area contributed by atoms with E-state index >= 15 is 0 Å². The van der Waals surface area contributed by atoms with E-state index in [1.165, 1.54) is 0 Å². The second-order valence-electron chi connectivity index (χ2n) is 7.28. The van der Waals surface area contributed by atoms with Crippen molar-refractivity contribution in [2.45, 2.75) is 19.9 Å². The molecule has 2 saturated heterocycles. The van der Waals surface area contributed by atoms with Gasteiger partial charge in [0.05, 0.1) is 6.54 Å². The van der Waals surface area contributed by atoms with Gasteiger partial charge in [-0.25, -0.2) is 4.79 Å². The number of hydrogen-bond acceptors (Lipinski definition) is 4. The van der Waals surface area contributed by atoms with E-state index in [0.29, 0.717) is 32.6 Å². The lowest BCUT2D eigenvalue weighted by molar-refractivity contribution is -0.119. The molecule has 7 nitrogen and oxygen atoms in total. The molecule has 3 heterocycles. The summed E-state index contributed by atoms with van der Waals surface area (Å²) in [5, 5.41) is 2.94. The number of furan rings is 1. The Kier molecular flexibility index (Phi) is 4.54. The molecule has 132 valence electrons. The molecule has 1 N–H and O–H groups in total. The number of hydrogen-bond donors (Lipinski definition) is 1. The van der Waals surface area contributed by atoms with Crippen molar-refractivity contribution in [1.29, 1.82) is 0 Å². The van der Waals surface area contributed by atoms with Crippen molar-refractivity contribution in [3.63, 3.8) is 0 Å². The van der Waals surface area contributed by atoms with E-state index in [0.717, 1.165) is 24.6 Å². The van der Waals surface area contributed by atoms with Gasteiger partial charge in [0.2, 0.25) is 5.91 Å². The highest BCUT2D eigenvalue weighted by atomic mass is 16.3. The first-order chi connectivity index (χ1) is 11.4. The summed E-state index contributed by atoms with van der Waals surface area (Å²) in [5.74, 6) is 1.90. The van der Waals surface area contributed by atoms with Crippen molar-refractivity contribution in [2.24, 2.45) is 5.41 Å². The molecular weight excluding hydrogens is 308 g/mol. The summed E-state index contributed by atoms with van der Waals surface area (Å²) in [7, 11) is 3.53. The second kappa shape index (κ2) is 6.47. The van der Waals surface area contributed by atoms with E-state index in [2.05, 4.69) is 10.2 Å². The summed E-state index contributed by atoms with van der Waals surface area (Å²) in [6, 6.07) is 3.96. The molecule has 2 fully saturated rings. The van der Waals surface area contributed by atoms with Crippen LogP contribution in [0.3, 0.4) is 0 Å². The Balaban J connectivity index is 1.78. The molecule has 2 aliphatic heterocycles. The molecule has 3 rings (SSSR count). The minimum absolute atomic E-state index is 0.00409. The molecule has 0 saturated carbocycles. The summed E-state index contributed by atoms with van der Waals surface area (Å²) >= 11 is 0. The first kappa shape index (κ1) is 16.8. The van der Waals surface area contributed by atoms with Crippen LogP contribution in [0.4, 0.5) is 4.79 Å². The molecule has 1 aromatic rings. The number of carbonyl (C=O) groups excluding carboxylic acids is 2. The Labute approximate surface area is 142 Å². The zero-order valence-corrected chi connectivity index (χ0v) is 14.7. The third-order valence-electron chi connectivity index (χ3n) is 4.80. The fraction of sp³-hybridized carbons (Fsp3) is 0.647. The topological polar surface area (TPSA) is 69.0 Å². The van der Waals surface area contributed by atoms with Gasteiger partial charge in [-0.15, -0.1) is 0 Å². The molecule has 24 heavy (non-hydrogen) atoms. The number of carbonyl (C=O) groups is 2. The Morgan fingerprint density at radius 2 is 2.12 bits per heavy atom. The smallest absolute Gasteiger partial charge is 0.319 e. The van der Waals surface area contributed by atoms with Crippen LogP contribution in [-0.4, -0.2) is 73.5 Å².